The summed E-state index contributed by atoms with van der Waals surface area (Å²) < 4.78 is 5.81. The van der Waals surface area contributed by atoms with Gasteiger partial charge in [0.25, 0.3) is 0 Å². The van der Waals surface area contributed by atoms with E-state index in [-0.39, 0.29) is 24.0 Å². The Hall–Kier alpha value is -0.860. The Bertz CT molecular complexity index is 518. The van der Waals surface area contributed by atoms with Gasteiger partial charge in [0.1, 0.15) is 0 Å². The molecule has 1 fully saturated rings. The van der Waals surface area contributed by atoms with Crippen molar-refractivity contribution in [2.75, 3.05) is 40.8 Å². The van der Waals surface area contributed by atoms with Crippen LogP contribution in [0.5, 0.6) is 0 Å². The van der Waals surface area contributed by atoms with Crippen molar-refractivity contribution < 1.29 is 4.74 Å². The summed E-state index contributed by atoms with van der Waals surface area (Å²) in [7, 11) is 6.15. The van der Waals surface area contributed by atoms with Gasteiger partial charge in [-0.15, -0.1) is 24.0 Å². The van der Waals surface area contributed by atoms with Crippen LogP contribution in [0.15, 0.2) is 35.3 Å². The highest BCUT2D eigenvalue weighted by molar-refractivity contribution is 14.0. The van der Waals surface area contributed by atoms with E-state index in [1.54, 1.807) is 0 Å². The molecule has 2 atom stereocenters. The van der Waals surface area contributed by atoms with Gasteiger partial charge in [0.15, 0.2) is 5.96 Å². The maximum Gasteiger partial charge on any atom is 0.191 e. The lowest BCUT2D eigenvalue weighted by Crippen LogP contribution is -2.47. The van der Waals surface area contributed by atoms with Crippen LogP contribution in [0, 0.1) is 11.8 Å². The lowest BCUT2D eigenvalue weighted by atomic mass is 10.1. The molecule has 0 saturated heterocycles. The topological polar surface area (TPSA) is 48.9 Å². The van der Waals surface area contributed by atoms with Crippen LogP contribution in [-0.4, -0.2) is 57.7 Å². The molecule has 2 unspecified atom stereocenters. The van der Waals surface area contributed by atoms with Crippen molar-refractivity contribution in [3.8, 4) is 0 Å². The highest BCUT2D eigenvalue weighted by Gasteiger charge is 2.32. The molecular formula is C20H35IN4O. The van der Waals surface area contributed by atoms with Gasteiger partial charge in [-0.1, -0.05) is 37.3 Å². The monoisotopic (exact) mass is 474 g/mol. The average Bonchev–Trinajstić information content (AvgIpc) is 3.43. The first-order valence-electron chi connectivity index (χ1n) is 9.32. The first kappa shape index (κ1) is 23.2. The summed E-state index contributed by atoms with van der Waals surface area (Å²) in [6.07, 6.45) is 2.71. The highest BCUT2D eigenvalue weighted by Crippen LogP contribution is 2.34. The van der Waals surface area contributed by atoms with E-state index in [0.29, 0.717) is 18.6 Å². The largest absolute Gasteiger partial charge is 0.376 e. The Morgan fingerprint density at radius 2 is 1.85 bits per heavy atom. The van der Waals surface area contributed by atoms with Gasteiger partial charge in [-0.25, -0.2) is 0 Å². The molecule has 1 aliphatic rings. The smallest absolute Gasteiger partial charge is 0.191 e. The maximum absolute atomic E-state index is 5.81. The van der Waals surface area contributed by atoms with Crippen molar-refractivity contribution in [1.29, 1.82) is 0 Å². The molecule has 148 valence electrons. The molecular weight excluding hydrogens is 439 g/mol. The molecule has 26 heavy (non-hydrogen) atoms. The minimum Gasteiger partial charge on any atom is -0.376 e. The summed E-state index contributed by atoms with van der Waals surface area (Å²) in [5.41, 5.74) is 1.22. The lowest BCUT2D eigenvalue weighted by Gasteiger charge is -2.25. The highest BCUT2D eigenvalue weighted by atomic mass is 127. The maximum atomic E-state index is 5.81. The van der Waals surface area contributed by atoms with Crippen molar-refractivity contribution >= 4 is 29.9 Å². The van der Waals surface area contributed by atoms with E-state index < -0.39 is 0 Å². The minimum absolute atomic E-state index is 0. The van der Waals surface area contributed by atoms with Crippen LogP contribution in [0.1, 0.15) is 25.3 Å². The zero-order valence-electron chi connectivity index (χ0n) is 16.6. The van der Waals surface area contributed by atoms with Crippen molar-refractivity contribution in [3.63, 3.8) is 0 Å². The Kier molecular flexibility index (Phi) is 11.2. The molecule has 0 amide bonds. The molecule has 1 aromatic carbocycles. The third-order valence-electron chi connectivity index (χ3n) is 4.66. The number of benzene rings is 1. The predicted octanol–water partition coefficient (Wildman–Crippen LogP) is 2.96. The molecule has 2 N–H and O–H groups in total. The molecule has 0 aromatic heterocycles. The van der Waals surface area contributed by atoms with Crippen LogP contribution < -0.4 is 10.6 Å². The average molecular weight is 474 g/mol. The van der Waals surface area contributed by atoms with Gasteiger partial charge in [-0.2, -0.15) is 0 Å². The second kappa shape index (κ2) is 12.5. The van der Waals surface area contributed by atoms with Gasteiger partial charge in [0.05, 0.1) is 13.2 Å². The van der Waals surface area contributed by atoms with Crippen molar-refractivity contribution in [1.82, 2.24) is 15.5 Å². The molecule has 0 aliphatic heterocycles. The molecule has 0 heterocycles. The number of nitrogens with one attached hydrogen (secondary N) is 2. The first-order chi connectivity index (χ1) is 12.1. The van der Waals surface area contributed by atoms with E-state index in [1.165, 1.54) is 18.4 Å². The first-order valence-corrected chi connectivity index (χ1v) is 9.32. The van der Waals surface area contributed by atoms with E-state index in [4.69, 9.17) is 4.74 Å². The third kappa shape index (κ3) is 8.68. The number of guanidine groups is 1. The van der Waals surface area contributed by atoms with Crippen LogP contribution in [0.2, 0.25) is 0 Å². The number of aliphatic imine (C=N–C) groups is 1. The molecule has 0 radical (unpaired) electrons. The van der Waals surface area contributed by atoms with Crippen LogP contribution in [-0.2, 0) is 11.3 Å². The second-order valence-corrected chi connectivity index (χ2v) is 7.31. The van der Waals surface area contributed by atoms with Gasteiger partial charge in [0, 0.05) is 26.2 Å². The summed E-state index contributed by atoms with van der Waals surface area (Å²) in [6, 6.07) is 10.9. The van der Waals surface area contributed by atoms with Gasteiger partial charge in [0.2, 0.25) is 0 Å². The van der Waals surface area contributed by atoms with E-state index in [0.717, 1.165) is 31.6 Å². The van der Waals surface area contributed by atoms with Gasteiger partial charge >= 0.3 is 0 Å². The fourth-order valence-electron chi connectivity index (χ4n) is 2.96. The van der Waals surface area contributed by atoms with E-state index in [1.807, 2.05) is 25.2 Å². The number of rotatable bonds is 10. The molecule has 6 heteroatoms. The van der Waals surface area contributed by atoms with Crippen molar-refractivity contribution in [2.24, 2.45) is 16.8 Å². The van der Waals surface area contributed by atoms with E-state index >= 15 is 0 Å². The number of nitrogens with zero attached hydrogens (tertiary/aromatic N) is 2. The Morgan fingerprint density at radius 3 is 2.42 bits per heavy atom. The van der Waals surface area contributed by atoms with Gasteiger partial charge < -0.3 is 20.3 Å². The number of likely N-dealkylation sites (N-methyl/N-ethyl adjacent to an activating group) is 1. The van der Waals surface area contributed by atoms with Crippen LogP contribution in [0.3, 0.4) is 0 Å². The van der Waals surface area contributed by atoms with Crippen LogP contribution in [0.25, 0.3) is 0 Å². The fourth-order valence-corrected chi connectivity index (χ4v) is 2.96. The Morgan fingerprint density at radius 1 is 1.19 bits per heavy atom. The zero-order valence-corrected chi connectivity index (χ0v) is 18.9. The van der Waals surface area contributed by atoms with Crippen LogP contribution in [0.4, 0.5) is 0 Å². The molecule has 2 rings (SSSR count). The summed E-state index contributed by atoms with van der Waals surface area (Å²) in [5, 5.41) is 6.88. The molecule has 1 aromatic rings. The van der Waals surface area contributed by atoms with Crippen molar-refractivity contribution in [2.45, 2.75) is 32.4 Å². The summed E-state index contributed by atoms with van der Waals surface area (Å²) in [5.74, 6) is 2.14. The zero-order chi connectivity index (χ0) is 18.1. The SMILES string of the molecule is CN=C(NCC(C)COCc1ccccc1)NCC(C1CC1)N(C)C.I. The number of hydrogen-bond donors (Lipinski definition) is 2. The normalized spacial score (nSPS) is 16.7. The summed E-state index contributed by atoms with van der Waals surface area (Å²) in [6.45, 7) is 5.39. The van der Waals surface area contributed by atoms with E-state index in [9.17, 15) is 0 Å². The Balaban J connectivity index is 0.00000338. The predicted molar refractivity (Wildman–Crippen MR) is 120 cm³/mol. The van der Waals surface area contributed by atoms with Crippen LogP contribution >= 0.6 is 24.0 Å². The number of hydrogen-bond acceptors (Lipinski definition) is 3. The number of ether oxygens (including phenoxy) is 1. The molecule has 1 aliphatic carbocycles. The molecule has 5 nitrogen and oxygen atoms in total. The minimum atomic E-state index is 0. The fraction of sp³-hybridized carbons (Fsp3) is 0.650. The van der Waals surface area contributed by atoms with E-state index in [2.05, 4.69) is 53.7 Å². The molecule has 0 spiro atoms. The second-order valence-electron chi connectivity index (χ2n) is 7.31. The number of halogens is 1. The quantitative estimate of drug-likeness (QED) is 0.311. The van der Waals surface area contributed by atoms with Gasteiger partial charge in [-0.3, -0.25) is 4.99 Å². The standard InChI is InChI=1S/C20H34N4O.HI/c1-16(14-25-15-17-8-6-5-7-9-17)12-22-20(21-2)23-13-19(24(3)4)18-10-11-18;/h5-9,16,18-19H,10-15H2,1-4H3,(H2,21,22,23);1H. The molecule has 1 saturated carbocycles. The molecule has 0 bridgehead atoms. The van der Waals surface area contributed by atoms with Gasteiger partial charge in [-0.05, 0) is 44.3 Å². The summed E-state index contributed by atoms with van der Waals surface area (Å²) in [4.78, 5) is 6.65. The lowest BCUT2D eigenvalue weighted by molar-refractivity contribution is 0.0931. The van der Waals surface area contributed by atoms with Crippen molar-refractivity contribution in [3.05, 3.63) is 35.9 Å². The third-order valence-corrected chi connectivity index (χ3v) is 4.66. The Labute approximate surface area is 176 Å². The summed E-state index contributed by atoms with van der Waals surface area (Å²) >= 11 is 0.